The molecule has 0 N–H and O–H groups in total. The molecule has 11 heavy (non-hydrogen) atoms. The molecule has 0 aliphatic carbocycles. The summed E-state index contributed by atoms with van der Waals surface area (Å²) in [6.07, 6.45) is 1.90. The van der Waals surface area contributed by atoms with Gasteiger partial charge in [-0.3, -0.25) is 0 Å². The minimum absolute atomic E-state index is 0.0639. The Morgan fingerprint density at radius 1 is 1.64 bits per heavy atom. The second kappa shape index (κ2) is 5.68. The van der Waals surface area contributed by atoms with Crippen molar-refractivity contribution in [1.82, 2.24) is 0 Å². The van der Waals surface area contributed by atoms with Crippen LogP contribution in [0, 0.1) is 0 Å². The van der Waals surface area contributed by atoms with Crippen molar-refractivity contribution >= 4 is 5.97 Å². The Labute approximate surface area is 66.0 Å². The standard InChI is InChI=1S/C8H12O3/c1-3-5-11-6-4-7(2)8(9)10/h3H,1-2,4-6H2,(H,9,10)/p-1. The molecule has 0 atom stereocenters. The molecule has 0 aromatic rings. The highest BCUT2D eigenvalue weighted by atomic mass is 16.5. The summed E-state index contributed by atoms with van der Waals surface area (Å²) in [4.78, 5) is 10.1. The summed E-state index contributed by atoms with van der Waals surface area (Å²) < 4.78 is 4.93. The summed E-state index contributed by atoms with van der Waals surface area (Å²) in [6.45, 7) is 7.50. The van der Waals surface area contributed by atoms with Gasteiger partial charge in [0.1, 0.15) is 0 Å². The third kappa shape index (κ3) is 5.36. The van der Waals surface area contributed by atoms with Crippen LogP contribution < -0.4 is 5.11 Å². The third-order valence-corrected chi connectivity index (χ3v) is 1.07. The number of carboxylic acid groups (broad SMARTS) is 1. The molecule has 0 aromatic carbocycles. The minimum atomic E-state index is -1.22. The van der Waals surface area contributed by atoms with Gasteiger partial charge in [0.25, 0.3) is 0 Å². The summed E-state index contributed by atoms with van der Waals surface area (Å²) in [5.74, 6) is -1.22. The summed E-state index contributed by atoms with van der Waals surface area (Å²) in [5.41, 5.74) is 0.0639. The zero-order valence-electron chi connectivity index (χ0n) is 6.34. The molecule has 0 aromatic heterocycles. The second-order valence-electron chi connectivity index (χ2n) is 2.00. The quantitative estimate of drug-likeness (QED) is 0.305. The molecule has 0 bridgehead atoms. The van der Waals surface area contributed by atoms with Gasteiger partial charge in [0.2, 0.25) is 0 Å². The predicted molar refractivity (Wildman–Crippen MR) is 39.8 cm³/mol. The first kappa shape index (κ1) is 9.91. The zero-order chi connectivity index (χ0) is 8.69. The van der Waals surface area contributed by atoms with E-state index in [2.05, 4.69) is 13.2 Å². The van der Waals surface area contributed by atoms with Crippen molar-refractivity contribution in [1.29, 1.82) is 0 Å². The van der Waals surface area contributed by atoms with E-state index in [1.54, 1.807) is 6.08 Å². The molecule has 0 aliphatic rings. The first-order valence-corrected chi connectivity index (χ1v) is 3.26. The van der Waals surface area contributed by atoms with Crippen LogP contribution in [0.25, 0.3) is 0 Å². The number of carbonyl (C=O) groups is 1. The number of aliphatic carboxylic acids is 1. The van der Waals surface area contributed by atoms with Gasteiger partial charge in [0.15, 0.2) is 0 Å². The predicted octanol–water partition coefficient (Wildman–Crippen LogP) is -0.115. The molecule has 0 amide bonds. The van der Waals surface area contributed by atoms with Crippen LogP contribution >= 0.6 is 0 Å². The highest BCUT2D eigenvalue weighted by Gasteiger charge is 1.93. The van der Waals surface area contributed by atoms with Gasteiger partial charge in [-0.05, 0) is 12.0 Å². The van der Waals surface area contributed by atoms with Crippen molar-refractivity contribution in [2.24, 2.45) is 0 Å². The van der Waals surface area contributed by atoms with Gasteiger partial charge in [-0.15, -0.1) is 6.58 Å². The van der Waals surface area contributed by atoms with Gasteiger partial charge in [0.05, 0.1) is 19.2 Å². The van der Waals surface area contributed by atoms with E-state index in [4.69, 9.17) is 4.74 Å². The normalized spacial score (nSPS) is 9.09. The van der Waals surface area contributed by atoms with E-state index in [1.807, 2.05) is 0 Å². The molecule has 0 radical (unpaired) electrons. The molecule has 0 fully saturated rings. The summed E-state index contributed by atoms with van der Waals surface area (Å²) in [6, 6.07) is 0. The summed E-state index contributed by atoms with van der Waals surface area (Å²) >= 11 is 0. The molecule has 0 saturated carbocycles. The van der Waals surface area contributed by atoms with Crippen LogP contribution in [-0.4, -0.2) is 19.2 Å². The summed E-state index contributed by atoms with van der Waals surface area (Å²) in [5, 5.41) is 10.1. The molecule has 0 heterocycles. The Morgan fingerprint density at radius 2 is 2.27 bits per heavy atom. The zero-order valence-corrected chi connectivity index (χ0v) is 6.34. The number of ether oxygens (including phenoxy) is 1. The lowest BCUT2D eigenvalue weighted by molar-refractivity contribution is -0.299. The molecule has 0 aliphatic heterocycles. The van der Waals surface area contributed by atoms with Crippen LogP contribution in [0.3, 0.4) is 0 Å². The fourth-order valence-corrected chi connectivity index (χ4v) is 0.464. The average molecular weight is 155 g/mol. The number of carbonyl (C=O) groups excluding carboxylic acids is 1. The monoisotopic (exact) mass is 155 g/mol. The Balaban J connectivity index is 3.31. The van der Waals surface area contributed by atoms with Crippen molar-refractivity contribution < 1.29 is 14.6 Å². The molecule has 0 saturated heterocycles. The van der Waals surface area contributed by atoms with Gasteiger partial charge < -0.3 is 14.6 Å². The summed E-state index contributed by atoms with van der Waals surface area (Å²) in [7, 11) is 0. The highest BCUT2D eigenvalue weighted by molar-refractivity contribution is 5.83. The van der Waals surface area contributed by atoms with Crippen molar-refractivity contribution in [3.63, 3.8) is 0 Å². The second-order valence-corrected chi connectivity index (χ2v) is 2.00. The Morgan fingerprint density at radius 3 is 2.73 bits per heavy atom. The van der Waals surface area contributed by atoms with Crippen LogP contribution in [0.15, 0.2) is 24.8 Å². The first-order chi connectivity index (χ1) is 5.18. The van der Waals surface area contributed by atoms with Crippen LogP contribution in [0.5, 0.6) is 0 Å². The number of rotatable bonds is 6. The largest absolute Gasteiger partial charge is 0.545 e. The smallest absolute Gasteiger partial charge is 0.0669 e. The van der Waals surface area contributed by atoms with Gasteiger partial charge in [-0.2, -0.15) is 0 Å². The number of hydrogen-bond donors (Lipinski definition) is 0. The van der Waals surface area contributed by atoms with Crippen molar-refractivity contribution in [2.45, 2.75) is 6.42 Å². The SMILES string of the molecule is C=CCOCCC(=C)C(=O)[O-]. The van der Waals surface area contributed by atoms with Crippen molar-refractivity contribution in [3.05, 3.63) is 24.8 Å². The molecule has 0 spiro atoms. The maximum absolute atomic E-state index is 10.1. The minimum Gasteiger partial charge on any atom is -0.545 e. The van der Waals surface area contributed by atoms with Crippen LogP contribution in [-0.2, 0) is 9.53 Å². The Bertz CT molecular complexity index is 161. The lowest BCUT2D eigenvalue weighted by atomic mass is 10.2. The van der Waals surface area contributed by atoms with Crippen LogP contribution in [0.2, 0.25) is 0 Å². The van der Waals surface area contributed by atoms with E-state index in [0.29, 0.717) is 19.6 Å². The maximum atomic E-state index is 10.1. The van der Waals surface area contributed by atoms with E-state index in [9.17, 15) is 9.90 Å². The molecule has 0 unspecified atom stereocenters. The lowest BCUT2D eigenvalue weighted by Gasteiger charge is -2.05. The van der Waals surface area contributed by atoms with Gasteiger partial charge in [-0.1, -0.05) is 12.7 Å². The van der Waals surface area contributed by atoms with Crippen molar-refractivity contribution in [3.8, 4) is 0 Å². The molecular weight excluding hydrogens is 144 g/mol. The molecule has 62 valence electrons. The Kier molecular flexibility index (Phi) is 5.11. The van der Waals surface area contributed by atoms with E-state index >= 15 is 0 Å². The fraction of sp³-hybridized carbons (Fsp3) is 0.375. The highest BCUT2D eigenvalue weighted by Crippen LogP contribution is 1.95. The topological polar surface area (TPSA) is 49.4 Å². The van der Waals surface area contributed by atoms with E-state index in [-0.39, 0.29) is 5.57 Å². The van der Waals surface area contributed by atoms with Crippen LogP contribution in [0.4, 0.5) is 0 Å². The van der Waals surface area contributed by atoms with E-state index in [0.717, 1.165) is 0 Å². The van der Waals surface area contributed by atoms with Crippen LogP contribution in [0.1, 0.15) is 6.42 Å². The molecular formula is C8H11O3-. The van der Waals surface area contributed by atoms with Gasteiger partial charge in [-0.25, -0.2) is 0 Å². The first-order valence-electron chi connectivity index (χ1n) is 3.26. The third-order valence-electron chi connectivity index (χ3n) is 1.07. The average Bonchev–Trinajstić information content (AvgIpc) is 1.97. The molecule has 3 nitrogen and oxygen atoms in total. The molecule has 0 rings (SSSR count). The van der Waals surface area contributed by atoms with Gasteiger partial charge >= 0.3 is 0 Å². The van der Waals surface area contributed by atoms with E-state index < -0.39 is 5.97 Å². The maximum Gasteiger partial charge on any atom is 0.0669 e. The Hall–Kier alpha value is -1.09. The fourth-order valence-electron chi connectivity index (χ4n) is 0.464. The number of carboxylic acids is 1. The van der Waals surface area contributed by atoms with E-state index in [1.165, 1.54) is 0 Å². The molecule has 3 heteroatoms. The van der Waals surface area contributed by atoms with Gasteiger partial charge in [0, 0.05) is 0 Å². The lowest BCUT2D eigenvalue weighted by Crippen LogP contribution is -2.24. The number of hydrogen-bond acceptors (Lipinski definition) is 3. The van der Waals surface area contributed by atoms with Crippen molar-refractivity contribution in [2.75, 3.05) is 13.2 Å².